The number of carbonyl (C=O) groups is 1. The van der Waals surface area contributed by atoms with Gasteiger partial charge >= 0.3 is 0 Å². The Hall–Kier alpha value is -2.75. The van der Waals surface area contributed by atoms with Gasteiger partial charge in [-0.3, -0.25) is 4.79 Å². The fourth-order valence-electron chi connectivity index (χ4n) is 2.97. The molecule has 3 aromatic rings. The highest BCUT2D eigenvalue weighted by molar-refractivity contribution is 5.96. The van der Waals surface area contributed by atoms with Crippen LogP contribution in [0.15, 0.2) is 41.0 Å². The first kappa shape index (κ1) is 16.1. The van der Waals surface area contributed by atoms with Crippen molar-refractivity contribution in [3.63, 3.8) is 0 Å². The van der Waals surface area contributed by atoms with Crippen molar-refractivity contribution in [2.75, 3.05) is 12.4 Å². The smallest absolute Gasteiger partial charge is 0.228 e. The Bertz CT molecular complexity index is 891. The van der Waals surface area contributed by atoms with Gasteiger partial charge in [0.25, 0.3) is 0 Å². The van der Waals surface area contributed by atoms with Crippen LogP contribution in [0.3, 0.4) is 0 Å². The van der Waals surface area contributed by atoms with Crippen LogP contribution < -0.4 is 10.1 Å². The van der Waals surface area contributed by atoms with Gasteiger partial charge in [0.15, 0.2) is 0 Å². The summed E-state index contributed by atoms with van der Waals surface area (Å²) in [5, 5.41) is 3.95. The molecule has 124 valence electrons. The van der Waals surface area contributed by atoms with Crippen molar-refractivity contribution >= 4 is 22.6 Å². The summed E-state index contributed by atoms with van der Waals surface area (Å²) < 4.78 is 10.8. The van der Waals surface area contributed by atoms with E-state index < -0.39 is 0 Å². The molecule has 0 aliphatic rings. The van der Waals surface area contributed by atoms with Crippen molar-refractivity contribution in [3.8, 4) is 5.75 Å². The van der Waals surface area contributed by atoms with Gasteiger partial charge < -0.3 is 14.5 Å². The molecule has 0 aliphatic heterocycles. The number of hydrogen-bond donors (Lipinski definition) is 1. The Morgan fingerprint density at radius 3 is 2.50 bits per heavy atom. The average molecular weight is 323 g/mol. The molecule has 1 amide bonds. The van der Waals surface area contributed by atoms with E-state index in [9.17, 15) is 4.79 Å². The van der Waals surface area contributed by atoms with Gasteiger partial charge in [-0.1, -0.05) is 6.07 Å². The van der Waals surface area contributed by atoms with E-state index in [2.05, 4.69) is 25.2 Å². The lowest BCUT2D eigenvalue weighted by Crippen LogP contribution is -2.14. The third kappa shape index (κ3) is 3.00. The molecule has 0 bridgehead atoms. The molecule has 0 radical (unpaired) electrons. The summed E-state index contributed by atoms with van der Waals surface area (Å²) in [5.74, 6) is 0.691. The second-order valence-corrected chi connectivity index (χ2v) is 6.05. The van der Waals surface area contributed by atoms with Crippen LogP contribution >= 0.6 is 0 Å². The maximum Gasteiger partial charge on any atom is 0.228 e. The van der Waals surface area contributed by atoms with Crippen LogP contribution in [0.2, 0.25) is 0 Å². The molecule has 0 fully saturated rings. The predicted molar refractivity (Wildman–Crippen MR) is 95.8 cm³/mol. The van der Waals surface area contributed by atoms with Crippen molar-refractivity contribution < 1.29 is 13.9 Å². The van der Waals surface area contributed by atoms with E-state index in [1.54, 1.807) is 13.4 Å². The van der Waals surface area contributed by atoms with Gasteiger partial charge in [-0.2, -0.15) is 0 Å². The standard InChI is InChI=1S/C20H21NO3/c1-12-9-13(2)19-15(11-24-20(19)14(12)3)10-18(22)21-16-5-7-17(23-4)8-6-16/h5-9,11H,10H2,1-4H3,(H,21,22). The highest BCUT2D eigenvalue weighted by atomic mass is 16.5. The molecule has 0 unspecified atom stereocenters. The summed E-state index contributed by atoms with van der Waals surface area (Å²) in [5.41, 5.74) is 5.99. The van der Waals surface area contributed by atoms with E-state index in [0.717, 1.165) is 39.1 Å². The number of nitrogens with one attached hydrogen (secondary N) is 1. The van der Waals surface area contributed by atoms with Crippen LogP contribution in [0.25, 0.3) is 11.0 Å². The minimum absolute atomic E-state index is 0.0690. The largest absolute Gasteiger partial charge is 0.497 e. The first-order valence-corrected chi connectivity index (χ1v) is 7.90. The SMILES string of the molecule is COc1ccc(NC(=O)Cc2coc3c(C)c(C)cc(C)c23)cc1. The molecule has 4 heteroatoms. The van der Waals surface area contributed by atoms with E-state index in [0.29, 0.717) is 0 Å². The van der Waals surface area contributed by atoms with Crippen LogP contribution in [0.5, 0.6) is 5.75 Å². The van der Waals surface area contributed by atoms with Crippen molar-refractivity contribution in [1.29, 1.82) is 0 Å². The maximum absolute atomic E-state index is 12.4. The Labute approximate surface area is 141 Å². The topological polar surface area (TPSA) is 51.5 Å². The molecule has 1 N–H and O–H groups in total. The van der Waals surface area contributed by atoms with Crippen molar-refractivity contribution in [2.45, 2.75) is 27.2 Å². The zero-order chi connectivity index (χ0) is 17.3. The van der Waals surface area contributed by atoms with Crippen LogP contribution in [-0.4, -0.2) is 13.0 Å². The Morgan fingerprint density at radius 2 is 1.83 bits per heavy atom. The van der Waals surface area contributed by atoms with E-state index in [4.69, 9.17) is 9.15 Å². The van der Waals surface area contributed by atoms with Crippen LogP contribution in [0.4, 0.5) is 5.69 Å². The van der Waals surface area contributed by atoms with Crippen molar-refractivity contribution in [3.05, 3.63) is 58.8 Å². The quantitative estimate of drug-likeness (QED) is 0.766. The predicted octanol–water partition coefficient (Wildman–Crippen LogP) is 4.55. The number of fused-ring (bicyclic) bond motifs is 1. The van der Waals surface area contributed by atoms with Crippen LogP contribution in [0, 0.1) is 20.8 Å². The summed E-state index contributed by atoms with van der Waals surface area (Å²) in [6.07, 6.45) is 1.97. The fourth-order valence-corrected chi connectivity index (χ4v) is 2.97. The van der Waals surface area contributed by atoms with Crippen LogP contribution in [-0.2, 0) is 11.2 Å². The molecule has 0 aliphatic carbocycles. The number of aryl methyl sites for hydroxylation is 3. The molecule has 24 heavy (non-hydrogen) atoms. The van der Waals surface area contributed by atoms with Gasteiger partial charge in [0.05, 0.1) is 19.8 Å². The lowest BCUT2D eigenvalue weighted by Gasteiger charge is -2.07. The average Bonchev–Trinajstić information content (AvgIpc) is 2.97. The molecular weight excluding hydrogens is 302 g/mol. The lowest BCUT2D eigenvalue weighted by molar-refractivity contribution is -0.115. The Kier molecular flexibility index (Phi) is 4.30. The van der Waals surface area contributed by atoms with Gasteiger partial charge in [0.2, 0.25) is 5.91 Å². The number of methoxy groups -OCH3 is 1. The van der Waals surface area contributed by atoms with E-state index in [1.807, 2.05) is 31.2 Å². The number of rotatable bonds is 4. The molecule has 2 aromatic carbocycles. The van der Waals surface area contributed by atoms with Gasteiger partial charge in [-0.05, 0) is 61.7 Å². The highest BCUT2D eigenvalue weighted by Crippen LogP contribution is 2.30. The van der Waals surface area contributed by atoms with Crippen molar-refractivity contribution in [2.24, 2.45) is 0 Å². The molecule has 0 saturated heterocycles. The fraction of sp³-hybridized carbons (Fsp3) is 0.250. The number of ether oxygens (including phenoxy) is 1. The van der Waals surface area contributed by atoms with E-state index in [-0.39, 0.29) is 12.3 Å². The first-order valence-electron chi connectivity index (χ1n) is 7.90. The van der Waals surface area contributed by atoms with Gasteiger partial charge in [0.1, 0.15) is 11.3 Å². The molecule has 1 aromatic heterocycles. The molecule has 3 rings (SSSR count). The number of furan rings is 1. The number of amides is 1. The molecule has 4 nitrogen and oxygen atoms in total. The summed E-state index contributed by atoms with van der Waals surface area (Å²) >= 11 is 0. The number of benzene rings is 2. The second kappa shape index (κ2) is 6.40. The second-order valence-electron chi connectivity index (χ2n) is 6.05. The summed E-state index contributed by atoms with van der Waals surface area (Å²) in [4.78, 5) is 12.4. The number of hydrogen-bond acceptors (Lipinski definition) is 3. The summed E-state index contributed by atoms with van der Waals surface area (Å²) in [6.45, 7) is 6.16. The third-order valence-corrected chi connectivity index (χ3v) is 4.35. The normalized spacial score (nSPS) is 10.8. The molecule has 1 heterocycles. The Balaban J connectivity index is 1.81. The minimum Gasteiger partial charge on any atom is -0.497 e. The minimum atomic E-state index is -0.0690. The van der Waals surface area contributed by atoms with Gasteiger partial charge in [0, 0.05) is 16.6 Å². The number of anilines is 1. The first-order chi connectivity index (χ1) is 11.5. The molecule has 0 spiro atoms. The molecule has 0 saturated carbocycles. The van der Waals surface area contributed by atoms with E-state index in [1.165, 1.54) is 5.56 Å². The zero-order valence-corrected chi connectivity index (χ0v) is 14.4. The highest BCUT2D eigenvalue weighted by Gasteiger charge is 2.15. The number of carbonyl (C=O) groups excluding carboxylic acids is 1. The zero-order valence-electron chi connectivity index (χ0n) is 14.4. The Morgan fingerprint density at radius 1 is 1.12 bits per heavy atom. The summed E-state index contributed by atoms with van der Waals surface area (Å²) in [7, 11) is 1.61. The maximum atomic E-state index is 12.4. The molecular formula is C20H21NO3. The van der Waals surface area contributed by atoms with Crippen LogP contribution in [0.1, 0.15) is 22.3 Å². The van der Waals surface area contributed by atoms with Gasteiger partial charge in [-0.15, -0.1) is 0 Å². The lowest BCUT2D eigenvalue weighted by atomic mass is 9.99. The van der Waals surface area contributed by atoms with Gasteiger partial charge in [-0.25, -0.2) is 0 Å². The van der Waals surface area contributed by atoms with Crippen molar-refractivity contribution in [1.82, 2.24) is 0 Å². The molecule has 0 atom stereocenters. The summed E-state index contributed by atoms with van der Waals surface area (Å²) in [6, 6.07) is 9.42. The van der Waals surface area contributed by atoms with E-state index >= 15 is 0 Å². The third-order valence-electron chi connectivity index (χ3n) is 4.35. The monoisotopic (exact) mass is 323 g/mol.